The quantitative estimate of drug-likeness (QED) is 0.595. The van der Waals surface area contributed by atoms with Crippen molar-refractivity contribution in [2.24, 2.45) is 0 Å². The van der Waals surface area contributed by atoms with E-state index in [0.29, 0.717) is 23.0 Å². The number of carbonyl (C=O) groups excluding carboxylic acids is 1. The van der Waals surface area contributed by atoms with Gasteiger partial charge in [-0.15, -0.1) is 5.10 Å². The first-order chi connectivity index (χ1) is 12.6. The van der Waals surface area contributed by atoms with E-state index in [1.165, 1.54) is 6.92 Å². The minimum absolute atomic E-state index is 0.116. The van der Waals surface area contributed by atoms with E-state index in [1.807, 2.05) is 54.6 Å². The summed E-state index contributed by atoms with van der Waals surface area (Å²) in [5.41, 5.74) is 10.0. The van der Waals surface area contributed by atoms with Gasteiger partial charge in [-0.3, -0.25) is 9.78 Å². The van der Waals surface area contributed by atoms with Gasteiger partial charge in [0.05, 0.1) is 0 Å². The van der Waals surface area contributed by atoms with Crippen molar-refractivity contribution >= 4 is 23.1 Å². The third-order valence-electron chi connectivity index (χ3n) is 3.87. The largest absolute Gasteiger partial charge is 0.384 e. The van der Waals surface area contributed by atoms with Crippen molar-refractivity contribution in [2.45, 2.75) is 6.92 Å². The van der Waals surface area contributed by atoms with Gasteiger partial charge in [0, 0.05) is 18.8 Å². The zero-order valence-electron chi connectivity index (χ0n) is 14.0. The molecule has 0 unspecified atom stereocenters. The molecule has 3 aromatic heterocycles. The van der Waals surface area contributed by atoms with Crippen molar-refractivity contribution in [3.05, 3.63) is 60.8 Å². The molecule has 0 radical (unpaired) electrons. The molecule has 0 saturated carbocycles. The van der Waals surface area contributed by atoms with E-state index in [2.05, 4.69) is 20.4 Å². The maximum atomic E-state index is 11.3. The van der Waals surface area contributed by atoms with Crippen LogP contribution in [0.15, 0.2) is 60.8 Å². The highest BCUT2D eigenvalue weighted by molar-refractivity contribution is 5.89. The van der Waals surface area contributed by atoms with Gasteiger partial charge in [-0.1, -0.05) is 18.2 Å². The van der Waals surface area contributed by atoms with Crippen molar-refractivity contribution < 1.29 is 4.79 Å². The highest BCUT2D eigenvalue weighted by Gasteiger charge is 2.11. The zero-order chi connectivity index (χ0) is 18.1. The Balaban J connectivity index is 1.79. The highest BCUT2D eigenvalue weighted by Crippen LogP contribution is 2.26. The minimum Gasteiger partial charge on any atom is -0.384 e. The molecule has 4 rings (SSSR count). The second-order valence-corrected chi connectivity index (χ2v) is 5.85. The fourth-order valence-electron chi connectivity index (χ4n) is 2.76. The number of rotatable bonds is 3. The number of nitrogen functional groups attached to an aromatic ring is 1. The van der Waals surface area contributed by atoms with Gasteiger partial charge in [0.2, 0.25) is 11.7 Å². The number of anilines is 2. The predicted molar refractivity (Wildman–Crippen MR) is 100 cm³/mol. The van der Waals surface area contributed by atoms with E-state index in [-0.39, 0.29) is 5.91 Å². The molecule has 128 valence electrons. The maximum Gasteiger partial charge on any atom is 0.221 e. The molecule has 0 aliphatic heterocycles. The molecule has 3 N–H and O–H groups in total. The van der Waals surface area contributed by atoms with E-state index in [0.717, 1.165) is 16.8 Å². The fourth-order valence-corrected chi connectivity index (χ4v) is 2.76. The number of nitrogens with zero attached hydrogens (tertiary/aromatic N) is 4. The van der Waals surface area contributed by atoms with Crippen molar-refractivity contribution in [3.8, 4) is 22.6 Å². The van der Waals surface area contributed by atoms with Crippen LogP contribution in [0, 0.1) is 0 Å². The number of hydrogen-bond acceptors (Lipinski definition) is 5. The van der Waals surface area contributed by atoms with Crippen LogP contribution in [0.5, 0.6) is 0 Å². The summed E-state index contributed by atoms with van der Waals surface area (Å²) < 4.78 is 1.59. The van der Waals surface area contributed by atoms with Crippen molar-refractivity contribution in [1.29, 1.82) is 0 Å². The average molecular weight is 344 g/mol. The first-order valence-corrected chi connectivity index (χ1v) is 8.06. The van der Waals surface area contributed by atoms with Gasteiger partial charge in [0.1, 0.15) is 11.5 Å². The van der Waals surface area contributed by atoms with Crippen molar-refractivity contribution in [3.63, 3.8) is 0 Å². The molecule has 0 fully saturated rings. The summed E-state index contributed by atoms with van der Waals surface area (Å²) in [6.07, 6.45) is 1.70. The number of fused-ring (bicyclic) bond motifs is 1. The molecular weight excluding hydrogens is 328 g/mol. The van der Waals surface area contributed by atoms with Crippen LogP contribution >= 0.6 is 0 Å². The summed E-state index contributed by atoms with van der Waals surface area (Å²) in [5.74, 6) is 0.869. The Kier molecular flexibility index (Phi) is 3.81. The second-order valence-electron chi connectivity index (χ2n) is 5.85. The van der Waals surface area contributed by atoms with Crippen molar-refractivity contribution in [1.82, 2.24) is 19.6 Å². The molecule has 1 aromatic carbocycles. The van der Waals surface area contributed by atoms with Gasteiger partial charge in [-0.25, -0.2) is 4.98 Å². The molecule has 1 amide bonds. The molecular formula is C19H16N6O. The highest BCUT2D eigenvalue weighted by atomic mass is 16.1. The lowest BCUT2D eigenvalue weighted by Gasteiger charge is -2.07. The molecule has 0 saturated heterocycles. The van der Waals surface area contributed by atoms with Crippen LogP contribution in [0.25, 0.3) is 28.3 Å². The van der Waals surface area contributed by atoms with Gasteiger partial charge in [0.25, 0.3) is 0 Å². The van der Waals surface area contributed by atoms with Gasteiger partial charge in [-0.2, -0.15) is 4.52 Å². The average Bonchev–Trinajstić information content (AvgIpc) is 3.07. The first-order valence-electron chi connectivity index (χ1n) is 8.06. The number of amides is 1. The molecule has 3 heterocycles. The van der Waals surface area contributed by atoms with E-state index in [9.17, 15) is 4.79 Å². The van der Waals surface area contributed by atoms with E-state index < -0.39 is 0 Å². The number of benzene rings is 1. The van der Waals surface area contributed by atoms with E-state index in [4.69, 9.17) is 5.73 Å². The summed E-state index contributed by atoms with van der Waals surface area (Å²) in [7, 11) is 0. The standard InChI is InChI=1S/C19H16N6O/c1-12(26)22-15-6-4-5-13(9-15)14-10-17(20)25-18(11-14)23-19(24-25)16-7-2-3-8-21-16/h2-11H,20H2,1H3,(H,22,26). The van der Waals surface area contributed by atoms with Gasteiger partial charge in [0.15, 0.2) is 5.65 Å². The molecule has 0 bridgehead atoms. The van der Waals surface area contributed by atoms with Crippen LogP contribution in [-0.2, 0) is 4.79 Å². The number of nitrogens with two attached hydrogens (primary N) is 1. The third kappa shape index (κ3) is 2.98. The SMILES string of the molecule is CC(=O)Nc1cccc(-c2cc(N)n3nc(-c4ccccn4)nc3c2)c1. The summed E-state index contributed by atoms with van der Waals surface area (Å²) in [4.78, 5) is 20.1. The van der Waals surface area contributed by atoms with Crippen LogP contribution in [0.1, 0.15) is 6.92 Å². The Morgan fingerprint density at radius 2 is 1.96 bits per heavy atom. The normalized spacial score (nSPS) is 10.8. The Morgan fingerprint density at radius 3 is 2.73 bits per heavy atom. The summed E-state index contributed by atoms with van der Waals surface area (Å²) in [5, 5.41) is 7.22. The molecule has 0 atom stereocenters. The van der Waals surface area contributed by atoms with Crippen LogP contribution < -0.4 is 11.1 Å². The molecule has 0 spiro atoms. The summed E-state index contributed by atoms with van der Waals surface area (Å²) in [6, 6.07) is 16.9. The Hall–Kier alpha value is -3.74. The Labute approximate surface area is 149 Å². The number of hydrogen-bond donors (Lipinski definition) is 2. The van der Waals surface area contributed by atoms with Gasteiger partial charge in [-0.05, 0) is 47.5 Å². The lowest BCUT2D eigenvalue weighted by atomic mass is 10.1. The van der Waals surface area contributed by atoms with Crippen LogP contribution in [0.2, 0.25) is 0 Å². The van der Waals surface area contributed by atoms with Crippen molar-refractivity contribution in [2.75, 3.05) is 11.1 Å². The molecule has 0 aliphatic carbocycles. The smallest absolute Gasteiger partial charge is 0.221 e. The molecule has 7 heteroatoms. The summed E-state index contributed by atoms with van der Waals surface area (Å²) in [6.45, 7) is 1.48. The lowest BCUT2D eigenvalue weighted by molar-refractivity contribution is -0.114. The molecule has 4 aromatic rings. The number of carbonyl (C=O) groups is 1. The minimum atomic E-state index is -0.116. The summed E-state index contributed by atoms with van der Waals surface area (Å²) >= 11 is 0. The zero-order valence-corrected chi connectivity index (χ0v) is 14.0. The third-order valence-corrected chi connectivity index (χ3v) is 3.87. The second kappa shape index (κ2) is 6.29. The predicted octanol–water partition coefficient (Wildman–Crippen LogP) is 3.00. The number of aromatic nitrogens is 4. The van der Waals surface area contributed by atoms with Crippen LogP contribution in [0.4, 0.5) is 11.5 Å². The molecule has 26 heavy (non-hydrogen) atoms. The van der Waals surface area contributed by atoms with Crippen LogP contribution in [-0.4, -0.2) is 25.5 Å². The Bertz CT molecular complexity index is 1100. The maximum absolute atomic E-state index is 11.3. The fraction of sp³-hybridized carbons (Fsp3) is 0.0526. The number of pyridine rings is 2. The van der Waals surface area contributed by atoms with Gasteiger partial charge >= 0.3 is 0 Å². The Morgan fingerprint density at radius 1 is 1.08 bits per heavy atom. The van der Waals surface area contributed by atoms with Gasteiger partial charge < -0.3 is 11.1 Å². The molecule has 0 aliphatic rings. The lowest BCUT2D eigenvalue weighted by Crippen LogP contribution is -2.05. The van der Waals surface area contributed by atoms with Crippen LogP contribution in [0.3, 0.4) is 0 Å². The monoisotopic (exact) mass is 344 g/mol. The number of nitrogens with one attached hydrogen (secondary N) is 1. The first kappa shape index (κ1) is 15.8. The van der Waals surface area contributed by atoms with E-state index >= 15 is 0 Å². The molecule has 7 nitrogen and oxygen atoms in total. The van der Waals surface area contributed by atoms with E-state index in [1.54, 1.807) is 10.7 Å². The topological polar surface area (TPSA) is 98.2 Å².